The molecule has 0 saturated carbocycles. The molecule has 0 radical (unpaired) electrons. The number of nitrogens with zero attached hydrogens (tertiary/aromatic N) is 1. The third kappa shape index (κ3) is 7.04. The second kappa shape index (κ2) is 8.56. The minimum absolute atomic E-state index is 0.0489. The standard InChI is InChI=1S/C15H23N3O2S/c1-11(2)6-4-7-12(3)16-15(21)17-13-8-5-9-14(10-13)18(19)20/h5,8-12H,4,6-7H2,1-3H3,(H2,16,17,21). The molecule has 0 fully saturated rings. The van der Waals surface area contributed by atoms with Crippen LogP contribution in [-0.4, -0.2) is 16.1 Å². The molecule has 0 aliphatic rings. The van der Waals surface area contributed by atoms with E-state index in [1.54, 1.807) is 12.1 Å². The van der Waals surface area contributed by atoms with Crippen molar-refractivity contribution in [2.45, 2.75) is 46.1 Å². The van der Waals surface area contributed by atoms with Gasteiger partial charge < -0.3 is 10.6 Å². The molecule has 2 N–H and O–H groups in total. The first-order valence-electron chi connectivity index (χ1n) is 7.20. The lowest BCUT2D eigenvalue weighted by Gasteiger charge is -2.17. The van der Waals surface area contributed by atoms with E-state index in [1.807, 2.05) is 0 Å². The maximum absolute atomic E-state index is 10.7. The largest absolute Gasteiger partial charge is 0.360 e. The van der Waals surface area contributed by atoms with E-state index in [9.17, 15) is 10.1 Å². The number of hydrogen-bond acceptors (Lipinski definition) is 3. The van der Waals surface area contributed by atoms with E-state index >= 15 is 0 Å². The van der Waals surface area contributed by atoms with Crippen LogP contribution >= 0.6 is 12.2 Å². The van der Waals surface area contributed by atoms with Gasteiger partial charge in [-0.25, -0.2) is 0 Å². The topological polar surface area (TPSA) is 67.2 Å². The molecule has 21 heavy (non-hydrogen) atoms. The monoisotopic (exact) mass is 309 g/mol. The predicted octanol–water partition coefficient (Wildman–Crippen LogP) is 4.10. The van der Waals surface area contributed by atoms with Crippen LogP contribution in [0, 0.1) is 16.0 Å². The Bertz CT molecular complexity index is 492. The molecule has 1 unspecified atom stereocenters. The Kier molecular flexibility index (Phi) is 7.08. The van der Waals surface area contributed by atoms with Gasteiger partial charge in [0, 0.05) is 23.9 Å². The first-order chi connectivity index (χ1) is 9.88. The van der Waals surface area contributed by atoms with Crippen LogP contribution in [0.5, 0.6) is 0 Å². The zero-order chi connectivity index (χ0) is 15.8. The fourth-order valence-corrected chi connectivity index (χ4v) is 2.31. The zero-order valence-corrected chi connectivity index (χ0v) is 13.6. The molecule has 116 valence electrons. The third-order valence-corrected chi connectivity index (χ3v) is 3.33. The van der Waals surface area contributed by atoms with Crippen molar-refractivity contribution in [2.24, 2.45) is 5.92 Å². The van der Waals surface area contributed by atoms with Gasteiger partial charge in [0.1, 0.15) is 0 Å². The number of anilines is 1. The molecule has 0 aliphatic heterocycles. The molecule has 0 saturated heterocycles. The van der Waals surface area contributed by atoms with Crippen LogP contribution in [0.15, 0.2) is 24.3 Å². The number of hydrogen-bond donors (Lipinski definition) is 2. The smallest absolute Gasteiger partial charge is 0.271 e. The first kappa shape index (κ1) is 17.4. The van der Waals surface area contributed by atoms with Crippen molar-refractivity contribution in [3.8, 4) is 0 Å². The van der Waals surface area contributed by atoms with Gasteiger partial charge in [-0.1, -0.05) is 32.8 Å². The van der Waals surface area contributed by atoms with E-state index in [1.165, 1.54) is 18.6 Å². The average Bonchev–Trinajstić information content (AvgIpc) is 2.38. The highest BCUT2D eigenvalue weighted by molar-refractivity contribution is 7.80. The highest BCUT2D eigenvalue weighted by atomic mass is 32.1. The van der Waals surface area contributed by atoms with E-state index in [-0.39, 0.29) is 11.7 Å². The maximum Gasteiger partial charge on any atom is 0.271 e. The summed E-state index contributed by atoms with van der Waals surface area (Å²) in [5.41, 5.74) is 0.670. The molecule has 5 nitrogen and oxygen atoms in total. The summed E-state index contributed by atoms with van der Waals surface area (Å²) in [5.74, 6) is 0.715. The van der Waals surface area contributed by atoms with Gasteiger partial charge in [0.25, 0.3) is 5.69 Å². The molecule has 1 rings (SSSR count). The summed E-state index contributed by atoms with van der Waals surface area (Å²) in [5, 5.41) is 17.4. The number of non-ortho nitro benzene ring substituents is 1. The van der Waals surface area contributed by atoms with Gasteiger partial charge in [0.2, 0.25) is 0 Å². The molecule has 6 heteroatoms. The fraction of sp³-hybridized carbons (Fsp3) is 0.533. The maximum atomic E-state index is 10.7. The number of rotatable bonds is 7. The van der Waals surface area contributed by atoms with Crippen molar-refractivity contribution in [1.29, 1.82) is 0 Å². The number of benzene rings is 1. The van der Waals surface area contributed by atoms with E-state index in [0.29, 0.717) is 16.7 Å². The van der Waals surface area contributed by atoms with Crippen LogP contribution in [0.3, 0.4) is 0 Å². The van der Waals surface area contributed by atoms with Gasteiger partial charge in [-0.15, -0.1) is 0 Å². The van der Waals surface area contributed by atoms with Crippen molar-refractivity contribution in [1.82, 2.24) is 5.32 Å². The second-order valence-corrected chi connectivity index (χ2v) is 6.04. The van der Waals surface area contributed by atoms with Crippen LogP contribution in [0.2, 0.25) is 0 Å². The van der Waals surface area contributed by atoms with E-state index in [4.69, 9.17) is 12.2 Å². The van der Waals surface area contributed by atoms with Crippen LogP contribution in [-0.2, 0) is 0 Å². The summed E-state index contributed by atoms with van der Waals surface area (Å²) < 4.78 is 0. The molecule has 0 bridgehead atoms. The molecular weight excluding hydrogens is 286 g/mol. The van der Waals surface area contributed by atoms with Crippen molar-refractivity contribution in [3.63, 3.8) is 0 Å². The normalized spacial score (nSPS) is 12.0. The summed E-state index contributed by atoms with van der Waals surface area (Å²) in [7, 11) is 0. The van der Waals surface area contributed by atoms with E-state index in [0.717, 1.165) is 12.8 Å². The van der Waals surface area contributed by atoms with E-state index in [2.05, 4.69) is 31.4 Å². The van der Waals surface area contributed by atoms with Crippen LogP contribution in [0.25, 0.3) is 0 Å². The molecule has 0 amide bonds. The minimum atomic E-state index is -0.420. The zero-order valence-electron chi connectivity index (χ0n) is 12.8. The Hall–Kier alpha value is -1.69. The van der Waals surface area contributed by atoms with Gasteiger partial charge in [-0.05, 0) is 37.5 Å². The van der Waals surface area contributed by atoms with Crippen molar-refractivity contribution in [2.75, 3.05) is 5.32 Å². The molecule has 0 heterocycles. The van der Waals surface area contributed by atoms with Gasteiger partial charge in [0.05, 0.1) is 4.92 Å². The molecule has 1 atom stereocenters. The first-order valence-corrected chi connectivity index (χ1v) is 7.61. The highest BCUT2D eigenvalue weighted by Crippen LogP contribution is 2.17. The summed E-state index contributed by atoms with van der Waals surface area (Å²) in [6.45, 7) is 6.51. The number of nitrogens with one attached hydrogen (secondary N) is 2. The Morgan fingerprint density at radius 2 is 2.05 bits per heavy atom. The predicted molar refractivity (Wildman–Crippen MR) is 90.6 cm³/mol. The molecule has 0 aliphatic carbocycles. The number of nitro groups is 1. The van der Waals surface area contributed by atoms with Gasteiger partial charge in [-0.3, -0.25) is 10.1 Å². The quantitative estimate of drug-likeness (QED) is 0.451. The van der Waals surface area contributed by atoms with Crippen molar-refractivity contribution in [3.05, 3.63) is 34.4 Å². The summed E-state index contributed by atoms with van der Waals surface area (Å²) in [6.07, 6.45) is 3.41. The lowest BCUT2D eigenvalue weighted by Crippen LogP contribution is -2.35. The van der Waals surface area contributed by atoms with Gasteiger partial charge in [-0.2, -0.15) is 0 Å². The van der Waals surface area contributed by atoms with Crippen LogP contribution < -0.4 is 10.6 Å². The van der Waals surface area contributed by atoms with Gasteiger partial charge >= 0.3 is 0 Å². The SMILES string of the molecule is CC(C)CCCC(C)NC(=S)Nc1cccc([N+](=O)[O-])c1. The molecular formula is C15H23N3O2S. The average molecular weight is 309 g/mol. The van der Waals surface area contributed by atoms with Crippen LogP contribution in [0.4, 0.5) is 11.4 Å². The molecule has 1 aromatic rings. The molecule has 1 aromatic carbocycles. The molecule has 0 spiro atoms. The summed E-state index contributed by atoms with van der Waals surface area (Å²) in [4.78, 5) is 10.3. The second-order valence-electron chi connectivity index (χ2n) is 5.63. The van der Waals surface area contributed by atoms with Crippen LogP contribution in [0.1, 0.15) is 40.0 Å². The summed E-state index contributed by atoms with van der Waals surface area (Å²) >= 11 is 5.23. The number of thiocarbonyl (C=S) groups is 1. The highest BCUT2D eigenvalue weighted by Gasteiger charge is 2.08. The minimum Gasteiger partial charge on any atom is -0.360 e. The Labute approximate surface area is 131 Å². The lowest BCUT2D eigenvalue weighted by molar-refractivity contribution is -0.384. The Morgan fingerprint density at radius 3 is 2.67 bits per heavy atom. The summed E-state index contributed by atoms with van der Waals surface area (Å²) in [6, 6.07) is 6.59. The van der Waals surface area contributed by atoms with Gasteiger partial charge in [0.15, 0.2) is 5.11 Å². The fourth-order valence-electron chi connectivity index (χ4n) is 1.99. The number of nitro benzene ring substituents is 1. The van der Waals surface area contributed by atoms with Crippen molar-refractivity contribution < 1.29 is 4.92 Å². The Morgan fingerprint density at radius 1 is 1.33 bits per heavy atom. The van der Waals surface area contributed by atoms with Crippen molar-refractivity contribution >= 4 is 28.7 Å². The third-order valence-electron chi connectivity index (χ3n) is 3.11. The Balaban J connectivity index is 2.42. The lowest BCUT2D eigenvalue weighted by atomic mass is 10.0. The van der Waals surface area contributed by atoms with E-state index < -0.39 is 4.92 Å². The molecule has 0 aromatic heterocycles.